The Labute approximate surface area is 96.8 Å². The number of thioether (sulfide) groups is 1. The summed E-state index contributed by atoms with van der Waals surface area (Å²) >= 11 is 1.91. The third-order valence-electron chi connectivity index (χ3n) is 4.26. The summed E-state index contributed by atoms with van der Waals surface area (Å²) in [5.41, 5.74) is -0.403. The molecule has 2 aliphatic rings. The van der Waals surface area contributed by atoms with Crippen molar-refractivity contribution in [1.82, 2.24) is 0 Å². The maximum absolute atomic E-state index is 10.9. The molecule has 2 fully saturated rings. The van der Waals surface area contributed by atoms with Crippen molar-refractivity contribution in [1.29, 1.82) is 0 Å². The highest BCUT2D eigenvalue weighted by atomic mass is 32.2. The number of aliphatic hydroxyl groups is 1. The van der Waals surface area contributed by atoms with Crippen LogP contribution in [0, 0.1) is 11.3 Å². The molecule has 88 valence electrons. The Balaban J connectivity index is 2.14. The van der Waals surface area contributed by atoms with Crippen molar-refractivity contribution in [3.63, 3.8) is 0 Å². The van der Waals surface area contributed by atoms with E-state index < -0.39 is 5.60 Å². The first-order chi connectivity index (χ1) is 7.06. The lowest BCUT2D eigenvalue weighted by atomic mass is 9.65. The molecule has 1 N–H and O–H groups in total. The van der Waals surface area contributed by atoms with E-state index >= 15 is 0 Å². The third kappa shape index (κ3) is 2.06. The number of ether oxygens (including phenoxy) is 1. The van der Waals surface area contributed by atoms with Crippen LogP contribution in [0.4, 0.5) is 0 Å². The minimum absolute atomic E-state index is 0.0697. The summed E-state index contributed by atoms with van der Waals surface area (Å²) in [5, 5.41) is 10.9. The van der Waals surface area contributed by atoms with E-state index in [4.69, 9.17) is 4.74 Å². The molecule has 0 amide bonds. The van der Waals surface area contributed by atoms with Crippen LogP contribution < -0.4 is 0 Å². The van der Waals surface area contributed by atoms with Crippen LogP contribution in [0.1, 0.15) is 33.1 Å². The van der Waals surface area contributed by atoms with Gasteiger partial charge in [-0.25, -0.2) is 0 Å². The Morgan fingerprint density at radius 3 is 2.53 bits per heavy atom. The van der Waals surface area contributed by atoms with E-state index in [1.54, 1.807) is 0 Å². The normalized spacial score (nSPS) is 37.8. The van der Waals surface area contributed by atoms with E-state index in [9.17, 15) is 5.11 Å². The lowest BCUT2D eigenvalue weighted by molar-refractivity contribution is -0.124. The molecule has 0 aliphatic carbocycles. The number of hydrogen-bond donors (Lipinski definition) is 1. The van der Waals surface area contributed by atoms with Gasteiger partial charge in [-0.3, -0.25) is 0 Å². The summed E-state index contributed by atoms with van der Waals surface area (Å²) in [6.07, 6.45) is 3.19. The standard InChI is InChI=1S/C12H22O2S/c1-11(2)5-8-15-9-12(11,13)10-3-6-14-7-4-10/h10,13H,3-9H2,1-2H3. The van der Waals surface area contributed by atoms with E-state index in [0.29, 0.717) is 5.92 Å². The monoisotopic (exact) mass is 230 g/mol. The van der Waals surface area contributed by atoms with Crippen LogP contribution >= 0.6 is 11.8 Å². The summed E-state index contributed by atoms with van der Waals surface area (Å²) in [6.45, 7) is 6.10. The lowest BCUT2D eigenvalue weighted by Crippen LogP contribution is -2.56. The number of hydrogen-bond acceptors (Lipinski definition) is 3. The second-order valence-corrected chi connectivity index (χ2v) is 6.60. The van der Waals surface area contributed by atoms with Crippen LogP contribution in [0.25, 0.3) is 0 Å². The summed E-state index contributed by atoms with van der Waals surface area (Å²) in [7, 11) is 0. The second-order valence-electron chi connectivity index (χ2n) is 5.50. The predicted octanol–water partition coefficient (Wildman–Crippen LogP) is 2.31. The van der Waals surface area contributed by atoms with Gasteiger partial charge >= 0.3 is 0 Å². The van der Waals surface area contributed by atoms with Gasteiger partial charge in [0.1, 0.15) is 0 Å². The fraction of sp³-hybridized carbons (Fsp3) is 1.00. The third-order valence-corrected chi connectivity index (χ3v) is 5.40. The molecule has 2 aliphatic heterocycles. The van der Waals surface area contributed by atoms with Crippen molar-refractivity contribution in [3.05, 3.63) is 0 Å². The summed E-state index contributed by atoms with van der Waals surface area (Å²) < 4.78 is 5.39. The molecule has 0 radical (unpaired) electrons. The van der Waals surface area contributed by atoms with Gasteiger partial charge in [0.15, 0.2) is 0 Å². The van der Waals surface area contributed by atoms with Gasteiger partial charge in [0.2, 0.25) is 0 Å². The zero-order chi connectivity index (χ0) is 10.9. The largest absolute Gasteiger partial charge is 0.388 e. The predicted molar refractivity (Wildman–Crippen MR) is 64.2 cm³/mol. The van der Waals surface area contributed by atoms with Crippen molar-refractivity contribution in [2.24, 2.45) is 11.3 Å². The molecule has 1 atom stereocenters. The molecule has 0 aromatic carbocycles. The SMILES string of the molecule is CC1(C)CCSCC1(O)C1CCOCC1. The molecule has 0 saturated carbocycles. The summed E-state index contributed by atoms with van der Waals surface area (Å²) in [5.74, 6) is 2.54. The molecule has 3 heteroatoms. The van der Waals surface area contributed by atoms with Crippen LogP contribution in [-0.4, -0.2) is 35.4 Å². The molecule has 1 unspecified atom stereocenters. The summed E-state index contributed by atoms with van der Waals surface area (Å²) in [4.78, 5) is 0. The Morgan fingerprint density at radius 2 is 1.93 bits per heavy atom. The van der Waals surface area contributed by atoms with E-state index in [0.717, 1.165) is 38.2 Å². The molecule has 2 nitrogen and oxygen atoms in total. The molecule has 2 saturated heterocycles. The van der Waals surface area contributed by atoms with Crippen LogP contribution in [0.3, 0.4) is 0 Å². The quantitative estimate of drug-likeness (QED) is 0.749. The first-order valence-corrected chi connectivity index (χ1v) is 7.10. The maximum atomic E-state index is 10.9. The van der Waals surface area contributed by atoms with Gasteiger partial charge in [-0.05, 0) is 36.3 Å². The van der Waals surface area contributed by atoms with Crippen molar-refractivity contribution >= 4 is 11.8 Å². The molecule has 0 aromatic rings. The van der Waals surface area contributed by atoms with Crippen LogP contribution in [-0.2, 0) is 4.74 Å². The van der Waals surface area contributed by atoms with Gasteiger partial charge in [-0.1, -0.05) is 13.8 Å². The average Bonchev–Trinajstić information content (AvgIpc) is 2.24. The zero-order valence-electron chi connectivity index (χ0n) is 9.79. The molecule has 15 heavy (non-hydrogen) atoms. The Hall–Kier alpha value is 0.270. The highest BCUT2D eigenvalue weighted by Crippen LogP contribution is 2.48. The number of rotatable bonds is 1. The minimum atomic E-state index is -0.473. The molecule has 2 heterocycles. The van der Waals surface area contributed by atoms with Crippen LogP contribution in [0.5, 0.6) is 0 Å². The fourth-order valence-electron chi connectivity index (χ4n) is 2.81. The van der Waals surface area contributed by atoms with E-state index in [2.05, 4.69) is 13.8 Å². The zero-order valence-corrected chi connectivity index (χ0v) is 10.6. The smallest absolute Gasteiger partial charge is 0.0818 e. The Bertz CT molecular complexity index is 224. The van der Waals surface area contributed by atoms with Gasteiger partial charge in [-0.15, -0.1) is 0 Å². The van der Waals surface area contributed by atoms with Crippen molar-refractivity contribution in [3.8, 4) is 0 Å². The van der Waals surface area contributed by atoms with Crippen molar-refractivity contribution in [2.75, 3.05) is 24.7 Å². The molecule has 0 aromatic heterocycles. The van der Waals surface area contributed by atoms with E-state index in [1.165, 1.54) is 5.75 Å². The van der Waals surface area contributed by atoms with Crippen molar-refractivity contribution in [2.45, 2.75) is 38.7 Å². The Morgan fingerprint density at radius 1 is 1.27 bits per heavy atom. The van der Waals surface area contributed by atoms with Gasteiger partial charge in [0, 0.05) is 19.0 Å². The van der Waals surface area contributed by atoms with Crippen molar-refractivity contribution < 1.29 is 9.84 Å². The van der Waals surface area contributed by atoms with E-state index in [-0.39, 0.29) is 5.41 Å². The first-order valence-electron chi connectivity index (χ1n) is 5.94. The molecule has 0 spiro atoms. The fourth-order valence-corrected chi connectivity index (χ4v) is 4.55. The van der Waals surface area contributed by atoms with E-state index in [1.807, 2.05) is 11.8 Å². The summed E-state index contributed by atoms with van der Waals surface area (Å²) in [6, 6.07) is 0. The second kappa shape index (κ2) is 4.27. The maximum Gasteiger partial charge on any atom is 0.0818 e. The highest BCUT2D eigenvalue weighted by Gasteiger charge is 2.50. The lowest BCUT2D eigenvalue weighted by Gasteiger charge is -2.51. The van der Waals surface area contributed by atoms with Crippen LogP contribution in [0.15, 0.2) is 0 Å². The molecule has 2 rings (SSSR count). The van der Waals surface area contributed by atoms with Gasteiger partial charge in [0.05, 0.1) is 5.60 Å². The molecular weight excluding hydrogens is 208 g/mol. The van der Waals surface area contributed by atoms with Gasteiger partial charge < -0.3 is 9.84 Å². The molecular formula is C12H22O2S. The average molecular weight is 230 g/mol. The minimum Gasteiger partial charge on any atom is -0.388 e. The Kier molecular flexibility index (Phi) is 3.34. The molecule has 0 bridgehead atoms. The van der Waals surface area contributed by atoms with Gasteiger partial charge in [-0.2, -0.15) is 11.8 Å². The van der Waals surface area contributed by atoms with Gasteiger partial charge in [0.25, 0.3) is 0 Å². The topological polar surface area (TPSA) is 29.5 Å². The first kappa shape index (κ1) is 11.7. The highest BCUT2D eigenvalue weighted by molar-refractivity contribution is 7.99. The van der Waals surface area contributed by atoms with Crippen LogP contribution in [0.2, 0.25) is 0 Å².